The first-order valence-electron chi connectivity index (χ1n) is 12.9. The van der Waals surface area contributed by atoms with Crippen LogP contribution in [-0.2, 0) is 29.0 Å². The number of aryl methyl sites for hydroxylation is 2. The van der Waals surface area contributed by atoms with Gasteiger partial charge in [0.15, 0.2) is 0 Å². The summed E-state index contributed by atoms with van der Waals surface area (Å²) in [6.07, 6.45) is 5.71. The van der Waals surface area contributed by atoms with Gasteiger partial charge in [0, 0.05) is 30.5 Å². The molecule has 1 N–H and O–H groups in total. The van der Waals surface area contributed by atoms with Crippen LogP contribution in [0.5, 0.6) is 0 Å². The third-order valence-electron chi connectivity index (χ3n) is 6.96. The predicted molar refractivity (Wildman–Crippen MR) is 146 cm³/mol. The van der Waals surface area contributed by atoms with Crippen molar-refractivity contribution in [3.63, 3.8) is 0 Å². The van der Waals surface area contributed by atoms with Crippen LogP contribution in [0, 0.1) is 6.92 Å². The zero-order valence-corrected chi connectivity index (χ0v) is 21.7. The minimum absolute atomic E-state index is 0.0296. The zero-order chi connectivity index (χ0) is 25.3. The molecule has 3 aromatic rings. The molecule has 1 unspecified atom stereocenters. The molecular formula is C31H35ClN2O2. The van der Waals surface area contributed by atoms with Gasteiger partial charge in [-0.05, 0) is 55.0 Å². The van der Waals surface area contributed by atoms with Crippen molar-refractivity contribution in [1.29, 1.82) is 0 Å². The van der Waals surface area contributed by atoms with E-state index in [0.717, 1.165) is 42.4 Å². The first-order chi connectivity index (χ1) is 17.5. The number of hydrogen-bond acceptors (Lipinski definition) is 2. The van der Waals surface area contributed by atoms with Crippen molar-refractivity contribution in [3.8, 4) is 0 Å². The van der Waals surface area contributed by atoms with Crippen molar-refractivity contribution in [2.24, 2.45) is 0 Å². The zero-order valence-electron chi connectivity index (χ0n) is 21.0. The number of amides is 2. The molecule has 188 valence electrons. The molecule has 0 saturated heterocycles. The SMILES string of the molecule is Cc1ccc(CCC(=O)N(Cc2cccc(Cl)c2)C(Cc2ccccc2)C(=O)NC2CCCC2)cc1. The summed E-state index contributed by atoms with van der Waals surface area (Å²) in [5.41, 5.74) is 4.26. The molecule has 0 heterocycles. The van der Waals surface area contributed by atoms with Gasteiger partial charge in [-0.15, -0.1) is 0 Å². The topological polar surface area (TPSA) is 49.4 Å². The molecule has 1 fully saturated rings. The second kappa shape index (κ2) is 12.7. The number of benzene rings is 3. The van der Waals surface area contributed by atoms with E-state index >= 15 is 0 Å². The first kappa shape index (κ1) is 26.0. The first-order valence-corrected chi connectivity index (χ1v) is 13.3. The van der Waals surface area contributed by atoms with Gasteiger partial charge in [0.1, 0.15) is 6.04 Å². The number of hydrogen-bond donors (Lipinski definition) is 1. The smallest absolute Gasteiger partial charge is 0.243 e. The van der Waals surface area contributed by atoms with Crippen LogP contribution in [0.3, 0.4) is 0 Å². The highest BCUT2D eigenvalue weighted by Gasteiger charge is 2.32. The van der Waals surface area contributed by atoms with Crippen LogP contribution in [0.4, 0.5) is 0 Å². The minimum Gasteiger partial charge on any atom is -0.352 e. The molecule has 0 bridgehead atoms. The quantitative estimate of drug-likeness (QED) is 0.354. The fourth-order valence-electron chi connectivity index (χ4n) is 4.90. The highest BCUT2D eigenvalue weighted by molar-refractivity contribution is 6.30. The Morgan fingerprint density at radius 3 is 2.31 bits per heavy atom. The van der Waals surface area contributed by atoms with Crippen LogP contribution in [0.1, 0.15) is 54.4 Å². The maximum atomic E-state index is 13.8. The Balaban J connectivity index is 1.60. The van der Waals surface area contributed by atoms with Crippen LogP contribution in [0.25, 0.3) is 0 Å². The molecular weight excluding hydrogens is 468 g/mol. The van der Waals surface area contributed by atoms with Gasteiger partial charge in [-0.2, -0.15) is 0 Å². The van der Waals surface area contributed by atoms with E-state index in [1.807, 2.05) is 54.6 Å². The van der Waals surface area contributed by atoms with Gasteiger partial charge in [-0.25, -0.2) is 0 Å². The molecule has 1 aliphatic carbocycles. The lowest BCUT2D eigenvalue weighted by atomic mass is 10.0. The standard InChI is InChI=1S/C31H35ClN2O2/c1-23-14-16-24(17-15-23)18-19-30(35)34(22-26-10-7-11-27(32)20-26)29(21-25-8-3-2-4-9-25)31(36)33-28-12-5-6-13-28/h2-4,7-11,14-17,20,28-29H,5-6,12-13,18-19,21-22H2,1H3,(H,33,36). The van der Waals surface area contributed by atoms with E-state index in [1.165, 1.54) is 5.56 Å². The van der Waals surface area contributed by atoms with E-state index in [4.69, 9.17) is 11.6 Å². The van der Waals surface area contributed by atoms with E-state index in [1.54, 1.807) is 4.90 Å². The maximum Gasteiger partial charge on any atom is 0.243 e. The van der Waals surface area contributed by atoms with Crippen molar-refractivity contribution < 1.29 is 9.59 Å². The molecule has 36 heavy (non-hydrogen) atoms. The van der Waals surface area contributed by atoms with Gasteiger partial charge in [0.25, 0.3) is 0 Å². The Hall–Kier alpha value is -3.11. The van der Waals surface area contributed by atoms with E-state index < -0.39 is 6.04 Å². The Morgan fingerprint density at radius 2 is 1.61 bits per heavy atom. The summed E-state index contributed by atoms with van der Waals surface area (Å²) in [4.78, 5) is 29.2. The number of halogens is 1. The van der Waals surface area contributed by atoms with E-state index in [9.17, 15) is 9.59 Å². The number of carbonyl (C=O) groups is 2. The van der Waals surface area contributed by atoms with Crippen LogP contribution in [0.2, 0.25) is 5.02 Å². The number of carbonyl (C=O) groups excluding carboxylic acids is 2. The summed E-state index contributed by atoms with van der Waals surface area (Å²) >= 11 is 6.26. The average Bonchev–Trinajstić information content (AvgIpc) is 3.39. The molecule has 1 saturated carbocycles. The van der Waals surface area contributed by atoms with Crippen molar-refractivity contribution in [1.82, 2.24) is 10.2 Å². The van der Waals surface area contributed by atoms with Gasteiger partial charge in [-0.3, -0.25) is 9.59 Å². The van der Waals surface area contributed by atoms with Gasteiger partial charge in [0.05, 0.1) is 0 Å². The molecule has 3 aromatic carbocycles. The van der Waals surface area contributed by atoms with Crippen LogP contribution in [0.15, 0.2) is 78.9 Å². The van der Waals surface area contributed by atoms with Gasteiger partial charge < -0.3 is 10.2 Å². The maximum absolute atomic E-state index is 13.8. The molecule has 0 aromatic heterocycles. The van der Waals surface area contributed by atoms with Crippen molar-refractivity contribution in [2.45, 2.75) is 70.5 Å². The fraction of sp³-hybridized carbons (Fsp3) is 0.355. The molecule has 0 radical (unpaired) electrons. The van der Waals surface area contributed by atoms with E-state index in [2.05, 4.69) is 36.5 Å². The molecule has 2 amide bonds. The monoisotopic (exact) mass is 502 g/mol. The van der Waals surface area contributed by atoms with Crippen LogP contribution in [-0.4, -0.2) is 28.8 Å². The number of nitrogens with zero attached hydrogens (tertiary/aromatic N) is 1. The highest BCUT2D eigenvalue weighted by Crippen LogP contribution is 2.21. The lowest BCUT2D eigenvalue weighted by Crippen LogP contribution is -2.52. The van der Waals surface area contributed by atoms with Gasteiger partial charge in [0.2, 0.25) is 11.8 Å². The van der Waals surface area contributed by atoms with Crippen molar-refractivity contribution in [2.75, 3.05) is 0 Å². The van der Waals surface area contributed by atoms with Crippen molar-refractivity contribution >= 4 is 23.4 Å². The van der Waals surface area contributed by atoms with Gasteiger partial charge in [-0.1, -0.05) is 96.7 Å². The van der Waals surface area contributed by atoms with Crippen molar-refractivity contribution in [3.05, 3.63) is 106 Å². The summed E-state index contributed by atoms with van der Waals surface area (Å²) in [6.45, 7) is 2.39. The summed E-state index contributed by atoms with van der Waals surface area (Å²) in [5.74, 6) is -0.102. The second-order valence-corrected chi connectivity index (χ2v) is 10.3. The predicted octanol–water partition coefficient (Wildman–Crippen LogP) is 6.28. The summed E-state index contributed by atoms with van der Waals surface area (Å²) in [7, 11) is 0. The lowest BCUT2D eigenvalue weighted by Gasteiger charge is -2.32. The Labute approximate surface area is 219 Å². The van der Waals surface area contributed by atoms with Gasteiger partial charge >= 0.3 is 0 Å². The molecule has 0 spiro atoms. The largest absolute Gasteiger partial charge is 0.352 e. The summed E-state index contributed by atoms with van der Waals surface area (Å²) in [5, 5.41) is 3.87. The Kier molecular flexibility index (Phi) is 9.18. The fourth-order valence-corrected chi connectivity index (χ4v) is 5.12. The van der Waals surface area contributed by atoms with E-state index in [0.29, 0.717) is 30.8 Å². The van der Waals surface area contributed by atoms with Crippen LogP contribution >= 0.6 is 11.6 Å². The number of rotatable bonds is 10. The average molecular weight is 503 g/mol. The Morgan fingerprint density at radius 1 is 0.917 bits per heavy atom. The second-order valence-electron chi connectivity index (χ2n) is 9.83. The molecule has 4 nitrogen and oxygen atoms in total. The summed E-state index contributed by atoms with van der Waals surface area (Å²) in [6, 6.07) is 25.3. The minimum atomic E-state index is -0.600. The third-order valence-corrected chi connectivity index (χ3v) is 7.20. The molecule has 5 heteroatoms. The Bertz CT molecular complexity index is 1140. The third kappa shape index (κ3) is 7.44. The summed E-state index contributed by atoms with van der Waals surface area (Å²) < 4.78 is 0. The number of nitrogens with one attached hydrogen (secondary N) is 1. The molecule has 4 rings (SSSR count). The molecule has 0 aliphatic heterocycles. The highest BCUT2D eigenvalue weighted by atomic mass is 35.5. The lowest BCUT2D eigenvalue weighted by molar-refractivity contribution is -0.141. The van der Waals surface area contributed by atoms with E-state index in [-0.39, 0.29) is 17.9 Å². The van der Waals surface area contributed by atoms with Crippen LogP contribution < -0.4 is 5.32 Å². The molecule has 1 atom stereocenters. The molecule has 1 aliphatic rings. The normalized spacial score (nSPS) is 14.4.